The van der Waals surface area contributed by atoms with Crippen LogP contribution in [0.1, 0.15) is 12.5 Å². The number of halogens is 2. The summed E-state index contributed by atoms with van der Waals surface area (Å²) in [5.74, 6) is -1.23. The smallest absolute Gasteiger partial charge is 0.331 e. The van der Waals surface area contributed by atoms with Crippen LogP contribution < -0.4 is 14.8 Å². The third kappa shape index (κ3) is 6.70. The minimum absolute atomic E-state index is 0.0828. The van der Waals surface area contributed by atoms with Crippen LogP contribution in [0, 0.1) is 0 Å². The van der Waals surface area contributed by atoms with Crippen LogP contribution in [-0.4, -0.2) is 40.6 Å². The van der Waals surface area contributed by atoms with E-state index >= 15 is 0 Å². The first-order valence-corrected chi connectivity index (χ1v) is 11.1. The molecule has 0 aliphatic carbocycles. The van der Waals surface area contributed by atoms with Gasteiger partial charge in [0.05, 0.1) is 17.8 Å². The van der Waals surface area contributed by atoms with Gasteiger partial charge in [-0.05, 0) is 55.9 Å². The molecule has 1 atom stereocenters. The highest BCUT2D eigenvalue weighted by molar-refractivity contribution is 7.89. The summed E-state index contributed by atoms with van der Waals surface area (Å²) >= 11 is 11.8. The molecule has 2 aromatic rings. The predicted octanol–water partition coefficient (Wildman–Crippen LogP) is 3.49. The average Bonchev–Trinajstić information content (AvgIpc) is 2.73. The zero-order valence-corrected chi connectivity index (χ0v) is 19.1. The highest BCUT2D eigenvalue weighted by atomic mass is 35.5. The van der Waals surface area contributed by atoms with Gasteiger partial charge >= 0.3 is 5.97 Å². The summed E-state index contributed by atoms with van der Waals surface area (Å²) in [6.07, 6.45) is 1.33. The van der Waals surface area contributed by atoms with Crippen LogP contribution in [0.15, 0.2) is 47.4 Å². The van der Waals surface area contributed by atoms with Crippen LogP contribution in [0.4, 0.5) is 5.69 Å². The summed E-state index contributed by atoms with van der Waals surface area (Å²) in [6, 6.07) is 8.91. The summed E-state index contributed by atoms with van der Waals surface area (Å²) in [5, 5.41) is 3.20. The summed E-state index contributed by atoms with van der Waals surface area (Å²) < 4.78 is 36.6. The lowest BCUT2D eigenvalue weighted by Gasteiger charge is -2.13. The van der Waals surface area contributed by atoms with E-state index in [-0.39, 0.29) is 15.7 Å². The Morgan fingerprint density at radius 3 is 2.45 bits per heavy atom. The molecule has 166 valence electrons. The van der Waals surface area contributed by atoms with Crippen molar-refractivity contribution >= 4 is 56.9 Å². The van der Waals surface area contributed by atoms with E-state index < -0.39 is 28.0 Å². The molecular weight excluding hydrogens is 467 g/mol. The number of benzene rings is 2. The van der Waals surface area contributed by atoms with Crippen molar-refractivity contribution in [3.05, 3.63) is 58.1 Å². The normalized spacial score (nSPS) is 12.4. The Balaban J connectivity index is 2.06. The lowest BCUT2D eigenvalue weighted by molar-refractivity contribution is -0.148. The van der Waals surface area contributed by atoms with Crippen molar-refractivity contribution in [2.24, 2.45) is 0 Å². The highest BCUT2D eigenvalue weighted by Gasteiger charge is 2.19. The number of anilines is 1. The first kappa shape index (κ1) is 24.7. The highest BCUT2D eigenvalue weighted by Crippen LogP contribution is 2.26. The van der Waals surface area contributed by atoms with Crippen molar-refractivity contribution < 1.29 is 27.5 Å². The van der Waals surface area contributed by atoms with Crippen LogP contribution in [0.2, 0.25) is 10.0 Å². The van der Waals surface area contributed by atoms with Crippen molar-refractivity contribution in [2.45, 2.75) is 17.9 Å². The fraction of sp³-hybridized carbons (Fsp3) is 0.200. The SMILES string of the molecule is CNS(=O)(=O)c1cc(/C=C/C(=O)OC(C)C(=O)Nc2ccc(Cl)cc2Cl)ccc1OC. The number of hydrogen-bond donors (Lipinski definition) is 2. The van der Waals surface area contributed by atoms with E-state index in [2.05, 4.69) is 10.0 Å². The maximum Gasteiger partial charge on any atom is 0.331 e. The Hall–Kier alpha value is -2.59. The Kier molecular flexibility index (Phi) is 8.46. The molecule has 2 rings (SSSR count). The van der Waals surface area contributed by atoms with Gasteiger partial charge in [0.1, 0.15) is 10.6 Å². The van der Waals surface area contributed by atoms with Crippen LogP contribution in [0.25, 0.3) is 6.08 Å². The fourth-order valence-corrected chi connectivity index (χ4v) is 3.76. The number of methoxy groups -OCH3 is 1. The number of sulfonamides is 1. The molecule has 2 N–H and O–H groups in total. The Morgan fingerprint density at radius 2 is 1.84 bits per heavy atom. The zero-order chi connectivity index (χ0) is 23.2. The summed E-state index contributed by atoms with van der Waals surface area (Å²) in [6.45, 7) is 1.40. The van der Waals surface area contributed by atoms with E-state index in [4.69, 9.17) is 32.7 Å². The first-order valence-electron chi connectivity index (χ1n) is 8.83. The second-order valence-electron chi connectivity index (χ2n) is 6.14. The number of esters is 1. The molecule has 0 bridgehead atoms. The third-order valence-electron chi connectivity index (χ3n) is 4.01. The van der Waals surface area contributed by atoms with Crippen LogP contribution >= 0.6 is 23.2 Å². The van der Waals surface area contributed by atoms with Gasteiger partial charge < -0.3 is 14.8 Å². The molecule has 0 fully saturated rings. The molecule has 0 heterocycles. The van der Waals surface area contributed by atoms with Gasteiger partial charge in [-0.2, -0.15) is 0 Å². The third-order valence-corrected chi connectivity index (χ3v) is 5.99. The molecule has 1 amide bonds. The van der Waals surface area contributed by atoms with Gasteiger partial charge in [0.15, 0.2) is 6.10 Å². The summed E-state index contributed by atoms with van der Waals surface area (Å²) in [5.41, 5.74) is 0.739. The molecule has 1 unspecified atom stereocenters. The number of carbonyl (C=O) groups excluding carboxylic acids is 2. The fourth-order valence-electron chi connectivity index (χ4n) is 2.37. The average molecular weight is 487 g/mol. The molecule has 0 saturated heterocycles. The summed E-state index contributed by atoms with van der Waals surface area (Å²) in [7, 11) is -1.14. The number of carbonyl (C=O) groups is 2. The zero-order valence-electron chi connectivity index (χ0n) is 16.8. The van der Waals surface area contributed by atoms with Gasteiger partial charge in [-0.3, -0.25) is 4.79 Å². The number of nitrogens with one attached hydrogen (secondary N) is 2. The van der Waals surface area contributed by atoms with Crippen LogP contribution in [0.3, 0.4) is 0 Å². The molecule has 0 saturated carbocycles. The largest absolute Gasteiger partial charge is 0.495 e. The second kappa shape index (κ2) is 10.6. The standard InChI is InChI=1S/C20H20Cl2N2O6S/c1-12(20(26)24-16-7-6-14(21)11-15(16)22)30-19(25)9-5-13-4-8-17(29-3)18(10-13)31(27,28)23-2/h4-12,23H,1-3H3,(H,24,26)/b9-5+. The maximum atomic E-state index is 12.2. The predicted molar refractivity (Wildman–Crippen MR) is 119 cm³/mol. The number of ether oxygens (including phenoxy) is 2. The maximum absolute atomic E-state index is 12.2. The Bertz CT molecular complexity index is 1120. The quantitative estimate of drug-likeness (QED) is 0.436. The molecule has 0 aliphatic rings. The van der Waals surface area contributed by atoms with E-state index in [1.165, 1.54) is 51.4 Å². The van der Waals surface area contributed by atoms with Crippen molar-refractivity contribution in [3.63, 3.8) is 0 Å². The number of amides is 1. The minimum Gasteiger partial charge on any atom is -0.495 e. The van der Waals surface area contributed by atoms with Gasteiger partial charge in [0, 0.05) is 11.1 Å². The second-order valence-corrected chi connectivity index (χ2v) is 8.84. The van der Waals surface area contributed by atoms with Crippen LogP contribution in [0.5, 0.6) is 5.75 Å². The van der Waals surface area contributed by atoms with Gasteiger partial charge in [-0.15, -0.1) is 0 Å². The van der Waals surface area contributed by atoms with Gasteiger partial charge in [-0.1, -0.05) is 29.3 Å². The topological polar surface area (TPSA) is 111 Å². The van der Waals surface area contributed by atoms with Crippen molar-refractivity contribution in [1.29, 1.82) is 0 Å². The molecule has 0 aromatic heterocycles. The first-order chi connectivity index (χ1) is 14.6. The van der Waals surface area contributed by atoms with Crippen molar-refractivity contribution in [2.75, 3.05) is 19.5 Å². The summed E-state index contributed by atoms with van der Waals surface area (Å²) in [4.78, 5) is 24.2. The molecule has 31 heavy (non-hydrogen) atoms. The van der Waals surface area contributed by atoms with Crippen LogP contribution in [-0.2, 0) is 24.3 Å². The van der Waals surface area contributed by atoms with E-state index in [0.29, 0.717) is 16.3 Å². The molecule has 2 aromatic carbocycles. The lowest BCUT2D eigenvalue weighted by atomic mass is 10.2. The Labute approximate surface area is 190 Å². The molecule has 0 radical (unpaired) electrons. The Morgan fingerprint density at radius 1 is 1.13 bits per heavy atom. The van der Waals surface area contributed by atoms with E-state index in [0.717, 1.165) is 6.08 Å². The van der Waals surface area contributed by atoms with E-state index in [9.17, 15) is 18.0 Å². The van der Waals surface area contributed by atoms with Crippen molar-refractivity contribution in [1.82, 2.24) is 4.72 Å². The molecule has 11 heteroatoms. The minimum atomic E-state index is -3.77. The number of hydrogen-bond acceptors (Lipinski definition) is 6. The number of rotatable bonds is 8. The molecule has 0 aliphatic heterocycles. The van der Waals surface area contributed by atoms with Gasteiger partial charge in [0.25, 0.3) is 5.91 Å². The van der Waals surface area contributed by atoms with Crippen molar-refractivity contribution in [3.8, 4) is 5.75 Å². The van der Waals surface area contributed by atoms with Gasteiger partial charge in [0.2, 0.25) is 10.0 Å². The van der Waals surface area contributed by atoms with E-state index in [1.54, 1.807) is 12.1 Å². The van der Waals surface area contributed by atoms with Gasteiger partial charge in [-0.25, -0.2) is 17.9 Å². The van der Waals surface area contributed by atoms with E-state index in [1.807, 2.05) is 0 Å². The molecule has 0 spiro atoms. The molecular formula is C20H20Cl2N2O6S. The lowest BCUT2D eigenvalue weighted by Crippen LogP contribution is -2.29. The monoisotopic (exact) mass is 486 g/mol. The molecule has 8 nitrogen and oxygen atoms in total.